The van der Waals surface area contributed by atoms with Crippen molar-refractivity contribution < 1.29 is 18.3 Å². The number of phenols is 1. The zero-order valence-corrected chi connectivity index (χ0v) is 21.4. The fourth-order valence-electron chi connectivity index (χ4n) is 3.64. The lowest BCUT2D eigenvalue weighted by Crippen LogP contribution is -2.27. The molecule has 5 nitrogen and oxygen atoms in total. The Bertz CT molecular complexity index is 1040. The summed E-state index contributed by atoms with van der Waals surface area (Å²) in [7, 11) is -3.24. The van der Waals surface area contributed by atoms with E-state index in [1.807, 2.05) is 19.1 Å². The first-order chi connectivity index (χ1) is 14.5. The highest BCUT2D eigenvalue weighted by Gasteiger charge is 2.26. The minimum atomic E-state index is -3.24. The molecule has 2 rings (SSSR count). The molecule has 0 heterocycles. The number of hydrogen-bond donors (Lipinski definition) is 2. The van der Waals surface area contributed by atoms with Crippen molar-refractivity contribution in [3.8, 4) is 5.75 Å². The van der Waals surface area contributed by atoms with Crippen LogP contribution in [0.5, 0.6) is 5.75 Å². The molecule has 0 fully saturated rings. The lowest BCUT2D eigenvalue weighted by atomic mass is 9.78. The number of sulfone groups is 1. The Kier molecular flexibility index (Phi) is 7.50. The number of carbonyl (C=O) groups is 1. The summed E-state index contributed by atoms with van der Waals surface area (Å²) in [6, 6.07) is 10.4. The Morgan fingerprint density at radius 2 is 1.44 bits per heavy atom. The van der Waals surface area contributed by atoms with Gasteiger partial charge in [-0.1, -0.05) is 65.8 Å². The van der Waals surface area contributed by atoms with E-state index in [2.05, 4.69) is 46.9 Å². The Morgan fingerprint density at radius 1 is 0.969 bits per heavy atom. The summed E-state index contributed by atoms with van der Waals surface area (Å²) in [4.78, 5) is 12.9. The van der Waals surface area contributed by atoms with Crippen LogP contribution in [0.15, 0.2) is 41.3 Å². The third-order valence-electron chi connectivity index (χ3n) is 5.61. The van der Waals surface area contributed by atoms with Gasteiger partial charge in [-0.05, 0) is 58.6 Å². The minimum Gasteiger partial charge on any atom is -0.507 e. The number of hydrogen-bond acceptors (Lipinski definition) is 4. The summed E-state index contributed by atoms with van der Waals surface area (Å²) in [5.74, 6) is 0.261. The van der Waals surface area contributed by atoms with Crippen molar-refractivity contribution in [1.82, 2.24) is 5.32 Å². The van der Waals surface area contributed by atoms with Crippen LogP contribution in [0.1, 0.15) is 83.2 Å². The summed E-state index contributed by atoms with van der Waals surface area (Å²) in [6.45, 7) is 14.3. The second-order valence-corrected chi connectivity index (χ2v) is 12.7. The minimum absolute atomic E-state index is 0.0765. The van der Waals surface area contributed by atoms with Crippen molar-refractivity contribution >= 4 is 15.7 Å². The van der Waals surface area contributed by atoms with E-state index < -0.39 is 9.84 Å². The molecule has 2 aromatic rings. The number of carbonyl (C=O) groups excluding carboxylic acids is 1. The molecule has 0 unspecified atom stereocenters. The monoisotopic (exact) mass is 459 g/mol. The summed E-state index contributed by atoms with van der Waals surface area (Å²) in [5, 5.41) is 13.8. The van der Waals surface area contributed by atoms with Crippen LogP contribution >= 0.6 is 0 Å². The Labute approximate surface area is 193 Å². The van der Waals surface area contributed by atoms with Crippen molar-refractivity contribution in [2.24, 2.45) is 0 Å². The number of rotatable bonds is 6. The van der Waals surface area contributed by atoms with Crippen molar-refractivity contribution in [3.63, 3.8) is 0 Å². The molecule has 0 aliphatic rings. The molecule has 6 heteroatoms. The van der Waals surface area contributed by atoms with Crippen molar-refractivity contribution in [2.75, 3.05) is 6.26 Å². The van der Waals surface area contributed by atoms with Crippen LogP contribution in [0.25, 0.3) is 0 Å². The number of nitrogens with one attached hydrogen (secondary N) is 1. The Morgan fingerprint density at radius 3 is 1.84 bits per heavy atom. The predicted molar refractivity (Wildman–Crippen MR) is 130 cm³/mol. The van der Waals surface area contributed by atoms with Gasteiger partial charge in [-0.3, -0.25) is 4.79 Å². The van der Waals surface area contributed by atoms with Crippen LogP contribution in [0.4, 0.5) is 0 Å². The lowest BCUT2D eigenvalue weighted by molar-refractivity contribution is -0.121. The summed E-state index contributed by atoms with van der Waals surface area (Å²) >= 11 is 0. The fraction of sp³-hybridized carbons (Fsp3) is 0.500. The second kappa shape index (κ2) is 9.26. The van der Waals surface area contributed by atoms with Crippen molar-refractivity contribution in [1.29, 1.82) is 0 Å². The van der Waals surface area contributed by atoms with E-state index in [-0.39, 0.29) is 27.7 Å². The molecule has 2 aromatic carbocycles. The highest BCUT2D eigenvalue weighted by atomic mass is 32.2. The molecule has 0 saturated carbocycles. The molecule has 0 spiro atoms. The van der Waals surface area contributed by atoms with E-state index in [4.69, 9.17) is 0 Å². The number of amides is 1. The zero-order valence-electron chi connectivity index (χ0n) is 20.5. The van der Waals surface area contributed by atoms with Gasteiger partial charge in [-0.2, -0.15) is 0 Å². The van der Waals surface area contributed by atoms with E-state index in [1.165, 1.54) is 6.26 Å². The molecule has 1 amide bonds. The first-order valence-corrected chi connectivity index (χ1v) is 12.9. The third-order valence-corrected chi connectivity index (χ3v) is 6.74. The van der Waals surface area contributed by atoms with Gasteiger partial charge in [-0.15, -0.1) is 0 Å². The summed E-state index contributed by atoms with van der Waals surface area (Å²) in [6.07, 6.45) is 2.06. The molecule has 0 bridgehead atoms. The number of benzene rings is 2. The largest absolute Gasteiger partial charge is 0.507 e. The van der Waals surface area contributed by atoms with E-state index >= 15 is 0 Å². The van der Waals surface area contributed by atoms with Crippen LogP contribution in [0, 0.1) is 0 Å². The van der Waals surface area contributed by atoms with Crippen LogP contribution in [-0.4, -0.2) is 25.7 Å². The molecular formula is C26H37NO4S. The average Bonchev–Trinajstić information content (AvgIpc) is 2.64. The van der Waals surface area contributed by atoms with E-state index in [9.17, 15) is 18.3 Å². The van der Waals surface area contributed by atoms with Crippen molar-refractivity contribution in [2.45, 2.75) is 83.1 Å². The summed E-state index contributed by atoms with van der Waals surface area (Å²) in [5.41, 5.74) is 3.22. The average molecular weight is 460 g/mol. The lowest BCUT2D eigenvalue weighted by Gasteiger charge is -2.28. The van der Waals surface area contributed by atoms with Gasteiger partial charge in [-0.25, -0.2) is 8.42 Å². The number of phenolic OH excluding ortho intramolecular Hbond substituents is 1. The van der Waals surface area contributed by atoms with E-state index in [1.54, 1.807) is 24.3 Å². The molecule has 0 aliphatic carbocycles. The van der Waals surface area contributed by atoms with Gasteiger partial charge in [0.2, 0.25) is 5.91 Å². The second-order valence-electron chi connectivity index (χ2n) is 10.7. The van der Waals surface area contributed by atoms with Gasteiger partial charge in [0.25, 0.3) is 0 Å². The molecule has 0 aromatic heterocycles. The van der Waals surface area contributed by atoms with E-state index in [0.717, 1.165) is 22.3 Å². The molecule has 32 heavy (non-hydrogen) atoms. The Balaban J connectivity index is 2.13. The molecule has 1 atom stereocenters. The first kappa shape index (κ1) is 25.9. The van der Waals surface area contributed by atoms with E-state index in [0.29, 0.717) is 18.6 Å². The Hall–Kier alpha value is -2.34. The topological polar surface area (TPSA) is 83.5 Å². The summed E-state index contributed by atoms with van der Waals surface area (Å²) < 4.78 is 23.2. The van der Waals surface area contributed by atoms with Crippen LogP contribution in [0.2, 0.25) is 0 Å². The van der Waals surface area contributed by atoms with Gasteiger partial charge in [0, 0.05) is 12.7 Å². The van der Waals surface area contributed by atoms with Crippen LogP contribution in [-0.2, 0) is 31.9 Å². The van der Waals surface area contributed by atoms with Gasteiger partial charge in [0.05, 0.1) is 10.9 Å². The molecule has 0 radical (unpaired) electrons. The third kappa shape index (κ3) is 6.58. The molecule has 176 valence electrons. The maximum atomic E-state index is 12.6. The quantitative estimate of drug-likeness (QED) is 0.622. The maximum Gasteiger partial charge on any atom is 0.220 e. The highest BCUT2D eigenvalue weighted by molar-refractivity contribution is 7.90. The van der Waals surface area contributed by atoms with Crippen LogP contribution in [0.3, 0.4) is 0 Å². The zero-order chi connectivity index (χ0) is 24.5. The molecular weight excluding hydrogens is 422 g/mol. The SMILES string of the molecule is C[C@@H](NC(=O)CCc1cc(C(C)(C)C)c(O)c(C(C)(C)C)c1)c1ccc(S(C)(=O)=O)cc1. The fourth-order valence-corrected chi connectivity index (χ4v) is 4.27. The van der Waals surface area contributed by atoms with Crippen molar-refractivity contribution in [3.05, 3.63) is 58.7 Å². The number of aryl methyl sites for hydroxylation is 1. The molecule has 0 saturated heterocycles. The van der Waals surface area contributed by atoms with Gasteiger partial charge >= 0.3 is 0 Å². The van der Waals surface area contributed by atoms with Crippen LogP contribution < -0.4 is 5.32 Å². The van der Waals surface area contributed by atoms with Gasteiger partial charge in [0.15, 0.2) is 9.84 Å². The predicted octanol–water partition coefficient (Wildman–Crippen LogP) is 5.20. The highest BCUT2D eigenvalue weighted by Crippen LogP contribution is 2.40. The van der Waals surface area contributed by atoms with Gasteiger partial charge < -0.3 is 10.4 Å². The molecule has 2 N–H and O–H groups in total. The van der Waals surface area contributed by atoms with Gasteiger partial charge in [0.1, 0.15) is 5.75 Å². The first-order valence-electron chi connectivity index (χ1n) is 11.0. The molecule has 0 aliphatic heterocycles. The maximum absolute atomic E-state index is 12.6. The smallest absolute Gasteiger partial charge is 0.220 e. The standard InChI is InChI=1S/C26H37NO4S/c1-17(19-10-12-20(13-11-19)32(8,30)31)27-23(28)14-9-18-15-21(25(2,3)4)24(29)22(16-18)26(5,6)7/h10-13,15-17,29H,9,14H2,1-8H3,(H,27,28)/t17-/m1/s1. The number of aromatic hydroxyl groups is 1. The normalized spacial score (nSPS) is 13.6.